The van der Waals surface area contributed by atoms with E-state index in [2.05, 4.69) is 10.3 Å². The molecular formula is C22H23N3O3S. The lowest BCUT2D eigenvalue weighted by Crippen LogP contribution is -2.17. The van der Waals surface area contributed by atoms with Gasteiger partial charge in [0, 0.05) is 34.3 Å². The Morgan fingerprint density at radius 2 is 2.10 bits per heavy atom. The molecule has 1 aromatic heterocycles. The highest BCUT2D eigenvalue weighted by molar-refractivity contribution is 8.06. The number of ether oxygens (including phenoxy) is 1. The van der Waals surface area contributed by atoms with Gasteiger partial charge in [0.2, 0.25) is 0 Å². The van der Waals surface area contributed by atoms with Gasteiger partial charge >= 0.3 is 5.97 Å². The molecular weight excluding hydrogens is 386 g/mol. The first-order valence-electron chi connectivity index (χ1n) is 9.39. The zero-order chi connectivity index (χ0) is 20.7. The molecule has 4 N–H and O–H groups in total. The fourth-order valence-corrected chi connectivity index (χ4v) is 4.43. The number of pyridine rings is 1. The summed E-state index contributed by atoms with van der Waals surface area (Å²) >= 11 is 0. The molecule has 0 aliphatic carbocycles. The van der Waals surface area contributed by atoms with Crippen LogP contribution in [0.15, 0.2) is 46.1 Å². The van der Waals surface area contributed by atoms with E-state index in [1.54, 1.807) is 6.92 Å². The number of thiol groups is 1. The van der Waals surface area contributed by atoms with E-state index in [0.29, 0.717) is 35.6 Å². The van der Waals surface area contributed by atoms with Crippen LogP contribution in [0.3, 0.4) is 0 Å². The largest absolute Gasteiger partial charge is 0.465 e. The topological polar surface area (TPSA) is 97.2 Å². The van der Waals surface area contributed by atoms with E-state index < -0.39 is 16.2 Å². The Balaban J connectivity index is 1.94. The van der Waals surface area contributed by atoms with Gasteiger partial charge in [-0.1, -0.05) is 6.07 Å². The number of benzene rings is 2. The Bertz CT molecular complexity index is 1270. The Kier molecular flexibility index (Phi) is 4.86. The smallest absolute Gasteiger partial charge is 0.315 e. The van der Waals surface area contributed by atoms with Crippen LogP contribution in [0.1, 0.15) is 18.4 Å². The molecule has 150 valence electrons. The SMILES string of the molecule is C#[SH](C)c1ccc(N)c(-c2ccc3[nH]c(=O)c4c(c3c2)C(C(=O)OCC)CN4)c1. The molecule has 2 atom stereocenters. The zero-order valence-electron chi connectivity index (χ0n) is 16.3. The van der Waals surface area contributed by atoms with E-state index in [0.717, 1.165) is 21.4 Å². The number of esters is 1. The first-order chi connectivity index (χ1) is 13.9. The molecule has 0 saturated carbocycles. The molecule has 0 radical (unpaired) electrons. The summed E-state index contributed by atoms with van der Waals surface area (Å²) in [6, 6.07) is 11.5. The van der Waals surface area contributed by atoms with Crippen LogP contribution in [0.4, 0.5) is 11.4 Å². The highest BCUT2D eigenvalue weighted by Gasteiger charge is 2.33. The monoisotopic (exact) mass is 409 g/mol. The molecule has 4 rings (SSSR count). The molecule has 0 saturated heterocycles. The summed E-state index contributed by atoms with van der Waals surface area (Å²) in [6.07, 6.45) is 1.98. The van der Waals surface area contributed by atoms with E-state index in [9.17, 15) is 9.59 Å². The average molecular weight is 410 g/mol. The lowest BCUT2D eigenvalue weighted by atomic mass is 9.94. The minimum Gasteiger partial charge on any atom is -0.465 e. The van der Waals surface area contributed by atoms with Crippen molar-refractivity contribution in [2.75, 3.05) is 30.5 Å². The molecule has 0 fully saturated rings. The Morgan fingerprint density at radius 3 is 2.83 bits per heavy atom. The van der Waals surface area contributed by atoms with Gasteiger partial charge in [-0.15, -0.1) is 5.69 Å². The summed E-state index contributed by atoms with van der Waals surface area (Å²) in [5, 5.41) is 3.86. The van der Waals surface area contributed by atoms with Crippen LogP contribution >= 0.6 is 10.3 Å². The maximum absolute atomic E-state index is 12.5. The highest BCUT2D eigenvalue weighted by atomic mass is 32.2. The molecule has 2 unspecified atom stereocenters. The fourth-order valence-electron chi connectivity index (χ4n) is 3.79. The molecule has 0 spiro atoms. The Hall–Kier alpha value is -3.15. The standard InChI is InChI=1S/C22H23N3O3S/c1-4-28-22(27)16-11-24-20-19(16)15-9-12(5-8-18(15)25-21(20)26)14-10-13(29(2)3)6-7-17(14)23/h2,5-10,16,24,29H,4,11,23H2,1,3H3,(H,25,26). The second-order valence-electron chi connectivity index (χ2n) is 7.07. The average Bonchev–Trinajstić information content (AvgIpc) is 3.14. The lowest BCUT2D eigenvalue weighted by Gasteiger charge is -2.14. The number of hydrogen-bond donors (Lipinski definition) is 4. The number of anilines is 2. The summed E-state index contributed by atoms with van der Waals surface area (Å²) in [4.78, 5) is 28.9. The third-order valence-corrected chi connectivity index (χ3v) is 6.30. The number of nitrogen functional groups attached to an aromatic ring is 1. The van der Waals surface area contributed by atoms with Gasteiger partial charge in [-0.25, -0.2) is 0 Å². The van der Waals surface area contributed by atoms with Crippen molar-refractivity contribution in [3.8, 4) is 16.8 Å². The summed E-state index contributed by atoms with van der Waals surface area (Å²) in [6.45, 7) is 2.40. The number of nitrogens with one attached hydrogen (secondary N) is 2. The first kappa shape index (κ1) is 19.2. The van der Waals surface area contributed by atoms with Crippen LogP contribution < -0.4 is 16.6 Å². The van der Waals surface area contributed by atoms with Crippen molar-refractivity contribution in [3.05, 3.63) is 52.3 Å². The van der Waals surface area contributed by atoms with Gasteiger partial charge in [0.05, 0.1) is 6.61 Å². The van der Waals surface area contributed by atoms with Crippen LogP contribution in [0.5, 0.6) is 0 Å². The molecule has 0 bridgehead atoms. The third kappa shape index (κ3) is 3.28. The molecule has 2 aromatic carbocycles. The van der Waals surface area contributed by atoms with Crippen molar-refractivity contribution >= 4 is 38.5 Å². The molecule has 29 heavy (non-hydrogen) atoms. The molecule has 1 aliphatic heterocycles. The van der Waals surface area contributed by atoms with Crippen molar-refractivity contribution in [1.82, 2.24) is 4.98 Å². The van der Waals surface area contributed by atoms with Gasteiger partial charge in [0.25, 0.3) is 5.56 Å². The lowest BCUT2D eigenvalue weighted by molar-refractivity contribution is -0.144. The first-order valence-corrected chi connectivity index (χ1v) is 11.2. The molecule has 1 aliphatic rings. The van der Waals surface area contributed by atoms with Gasteiger partial charge in [-0.05, 0) is 54.0 Å². The number of H-pyrrole nitrogens is 1. The van der Waals surface area contributed by atoms with Gasteiger partial charge < -0.3 is 20.8 Å². The number of aromatic nitrogens is 1. The number of nitrogens with two attached hydrogens (primary N) is 1. The number of hydrogen-bond acceptors (Lipinski definition) is 5. The van der Waals surface area contributed by atoms with Crippen LogP contribution in [0.25, 0.3) is 22.0 Å². The second kappa shape index (κ2) is 7.35. The van der Waals surface area contributed by atoms with Crippen LogP contribution in [-0.2, 0) is 9.53 Å². The second-order valence-corrected chi connectivity index (χ2v) is 8.81. The van der Waals surface area contributed by atoms with E-state index in [1.165, 1.54) is 0 Å². The number of fused-ring (bicyclic) bond motifs is 3. The summed E-state index contributed by atoms with van der Waals surface area (Å²) < 4.78 is 5.22. The fraction of sp³-hybridized carbons (Fsp3) is 0.227. The predicted molar refractivity (Wildman–Crippen MR) is 120 cm³/mol. The third-order valence-electron chi connectivity index (χ3n) is 5.21. The predicted octanol–water partition coefficient (Wildman–Crippen LogP) is 3.43. The van der Waals surface area contributed by atoms with Crippen molar-refractivity contribution in [3.63, 3.8) is 0 Å². The van der Waals surface area contributed by atoms with E-state index >= 15 is 0 Å². The zero-order valence-corrected chi connectivity index (χ0v) is 17.2. The molecule has 6 nitrogen and oxygen atoms in total. The number of rotatable bonds is 3. The van der Waals surface area contributed by atoms with Gasteiger partial charge in [-0.2, -0.15) is 10.3 Å². The number of aromatic amines is 1. The maximum atomic E-state index is 12.5. The molecule has 3 aromatic rings. The van der Waals surface area contributed by atoms with Crippen molar-refractivity contribution in [2.24, 2.45) is 0 Å². The van der Waals surface area contributed by atoms with Crippen molar-refractivity contribution in [2.45, 2.75) is 17.7 Å². The van der Waals surface area contributed by atoms with Crippen LogP contribution in [-0.4, -0.2) is 30.4 Å². The Labute approximate surface area is 170 Å². The van der Waals surface area contributed by atoms with Crippen LogP contribution in [0, 0.1) is 5.69 Å². The van der Waals surface area contributed by atoms with E-state index in [4.69, 9.17) is 16.2 Å². The minimum absolute atomic E-state index is 0.242. The van der Waals surface area contributed by atoms with Gasteiger partial charge in [-0.3, -0.25) is 9.59 Å². The van der Waals surface area contributed by atoms with E-state index in [-0.39, 0.29) is 11.5 Å². The number of carbonyl (C=O) groups excluding carboxylic acids is 1. The number of carbonyl (C=O) groups is 1. The molecule has 7 heteroatoms. The van der Waals surface area contributed by atoms with Gasteiger partial charge in [0.15, 0.2) is 0 Å². The summed E-state index contributed by atoms with van der Waals surface area (Å²) in [5.41, 5.74) is 16.3. The normalized spacial score (nSPS) is 16.2. The minimum atomic E-state index is -0.752. The van der Waals surface area contributed by atoms with Crippen molar-refractivity contribution < 1.29 is 9.53 Å². The Morgan fingerprint density at radius 1 is 1.31 bits per heavy atom. The quantitative estimate of drug-likeness (QED) is 0.302. The molecule has 2 heterocycles. The van der Waals surface area contributed by atoms with Crippen molar-refractivity contribution in [1.29, 1.82) is 0 Å². The highest BCUT2D eigenvalue weighted by Crippen LogP contribution is 2.38. The van der Waals surface area contributed by atoms with Gasteiger partial charge in [0.1, 0.15) is 11.6 Å². The summed E-state index contributed by atoms with van der Waals surface area (Å²) in [5.74, 6) is -0.862. The van der Waals surface area contributed by atoms with Crippen LogP contribution in [0.2, 0.25) is 0 Å². The molecule has 0 amide bonds. The van der Waals surface area contributed by atoms with E-state index in [1.807, 2.05) is 42.7 Å². The summed E-state index contributed by atoms with van der Waals surface area (Å²) in [7, 11) is -0.752. The maximum Gasteiger partial charge on any atom is 0.315 e.